The van der Waals surface area contributed by atoms with Crippen molar-refractivity contribution in [3.05, 3.63) is 29.8 Å². The van der Waals surface area contributed by atoms with Gasteiger partial charge in [0.05, 0.1) is 18.8 Å². The van der Waals surface area contributed by atoms with E-state index in [0.717, 1.165) is 0 Å². The largest absolute Gasteiger partial charge is 0.411 e. The fraction of sp³-hybridized carbons (Fsp3) is 0.429. The molecule has 1 aromatic rings. The minimum atomic E-state index is -4.72. The fourth-order valence-corrected chi connectivity index (χ4v) is 4.29. The molecule has 2 aliphatic rings. The Morgan fingerprint density at radius 3 is 2.60 bits per heavy atom. The summed E-state index contributed by atoms with van der Waals surface area (Å²) in [5.41, 5.74) is -0.107. The van der Waals surface area contributed by atoms with Gasteiger partial charge in [0.15, 0.2) is 6.04 Å². The summed E-state index contributed by atoms with van der Waals surface area (Å²) in [4.78, 5) is 24.8. The van der Waals surface area contributed by atoms with Gasteiger partial charge in [0.1, 0.15) is 11.4 Å². The number of ether oxygens (including phenoxy) is 1. The van der Waals surface area contributed by atoms with E-state index in [2.05, 4.69) is 0 Å². The molecule has 0 unspecified atom stereocenters. The van der Waals surface area contributed by atoms with E-state index in [4.69, 9.17) is 4.74 Å². The first-order valence-electron chi connectivity index (χ1n) is 7.24. The highest BCUT2D eigenvalue weighted by atomic mass is 32.2. The minimum absolute atomic E-state index is 0.0980. The molecule has 0 radical (unpaired) electrons. The molecule has 1 atom stereocenters. The monoisotopic (exact) mass is 378 g/mol. The van der Waals surface area contributed by atoms with Gasteiger partial charge in [-0.3, -0.25) is 9.59 Å². The Kier molecular flexibility index (Phi) is 4.23. The Bertz CT molecular complexity index is 824. The van der Waals surface area contributed by atoms with Gasteiger partial charge < -0.3 is 9.64 Å². The van der Waals surface area contributed by atoms with Gasteiger partial charge in [0.2, 0.25) is 5.91 Å². The average molecular weight is 378 g/mol. The Hall–Kier alpha value is -2.14. The number of hydrogen-bond donors (Lipinski definition) is 0. The van der Waals surface area contributed by atoms with Crippen molar-refractivity contribution < 1.29 is 35.9 Å². The minimum Gasteiger partial charge on any atom is -0.377 e. The molecule has 11 heteroatoms. The van der Waals surface area contributed by atoms with Gasteiger partial charge in [-0.1, -0.05) is 12.1 Å². The quantitative estimate of drug-likeness (QED) is 0.753. The van der Waals surface area contributed by atoms with Crippen LogP contribution in [0.15, 0.2) is 29.2 Å². The number of morpholine rings is 1. The molecule has 25 heavy (non-hydrogen) atoms. The highest BCUT2D eigenvalue weighted by Crippen LogP contribution is 2.31. The van der Waals surface area contributed by atoms with Crippen LogP contribution in [-0.4, -0.2) is 68.0 Å². The van der Waals surface area contributed by atoms with Crippen LogP contribution < -0.4 is 0 Å². The second-order valence-electron chi connectivity index (χ2n) is 5.53. The number of halogens is 3. The van der Waals surface area contributed by atoms with Gasteiger partial charge in [-0.2, -0.15) is 13.2 Å². The standard InChI is InChI=1S/C14H13F3N2O5S/c15-14(16,17)11-8-24-6-5-18(11)12(20)7-19-13(21)9-3-1-2-4-10(9)25(19,22)23/h1-4,11H,5-8H2/t11-/m0/s1. The summed E-state index contributed by atoms with van der Waals surface area (Å²) in [7, 11) is -4.26. The molecule has 7 nitrogen and oxygen atoms in total. The summed E-state index contributed by atoms with van der Waals surface area (Å²) in [6, 6.07) is 3.19. The number of nitrogens with zero attached hydrogens (tertiary/aromatic N) is 2. The lowest BCUT2D eigenvalue weighted by Gasteiger charge is -2.37. The first kappa shape index (κ1) is 17.7. The summed E-state index contributed by atoms with van der Waals surface area (Å²) in [5.74, 6) is -2.03. The highest BCUT2D eigenvalue weighted by molar-refractivity contribution is 7.90. The Balaban J connectivity index is 1.85. The molecule has 0 bridgehead atoms. The number of rotatable bonds is 2. The van der Waals surface area contributed by atoms with Crippen molar-refractivity contribution >= 4 is 21.8 Å². The number of hydrogen-bond acceptors (Lipinski definition) is 5. The van der Waals surface area contributed by atoms with E-state index in [-0.39, 0.29) is 23.6 Å². The van der Waals surface area contributed by atoms with Crippen LogP contribution in [0.3, 0.4) is 0 Å². The zero-order valence-corrected chi connectivity index (χ0v) is 13.5. The molecule has 0 aromatic heterocycles. The summed E-state index contributed by atoms with van der Waals surface area (Å²) in [5, 5.41) is 0. The molecule has 1 aromatic carbocycles. The molecular weight excluding hydrogens is 365 g/mol. The Morgan fingerprint density at radius 2 is 1.96 bits per heavy atom. The van der Waals surface area contributed by atoms with Crippen LogP contribution in [0.1, 0.15) is 10.4 Å². The topological polar surface area (TPSA) is 84.0 Å². The van der Waals surface area contributed by atoms with Crippen LogP contribution in [0.2, 0.25) is 0 Å². The number of fused-ring (bicyclic) bond motifs is 1. The molecule has 0 spiro atoms. The first-order valence-corrected chi connectivity index (χ1v) is 8.68. The number of sulfonamides is 1. The fourth-order valence-electron chi connectivity index (χ4n) is 2.77. The van der Waals surface area contributed by atoms with E-state index < -0.39 is 47.2 Å². The maximum absolute atomic E-state index is 13.0. The number of carbonyl (C=O) groups is 2. The Labute approximate surface area is 141 Å². The third kappa shape index (κ3) is 2.97. The van der Waals surface area contributed by atoms with Crippen LogP contribution in [-0.2, 0) is 19.6 Å². The summed E-state index contributed by atoms with van der Waals surface area (Å²) >= 11 is 0. The highest BCUT2D eigenvalue weighted by Gasteiger charge is 2.49. The van der Waals surface area contributed by atoms with Gasteiger partial charge >= 0.3 is 6.18 Å². The van der Waals surface area contributed by atoms with E-state index in [1.54, 1.807) is 0 Å². The number of alkyl halides is 3. The van der Waals surface area contributed by atoms with Crippen LogP contribution in [0.5, 0.6) is 0 Å². The van der Waals surface area contributed by atoms with Crippen LogP contribution in [0.4, 0.5) is 13.2 Å². The molecule has 2 heterocycles. The molecule has 0 saturated carbocycles. The van der Waals surface area contributed by atoms with Crippen molar-refractivity contribution in [1.29, 1.82) is 0 Å². The van der Waals surface area contributed by atoms with Crippen molar-refractivity contribution in [2.45, 2.75) is 17.1 Å². The number of benzene rings is 1. The van der Waals surface area contributed by atoms with E-state index in [1.807, 2.05) is 0 Å². The average Bonchev–Trinajstić information content (AvgIpc) is 2.75. The lowest BCUT2D eigenvalue weighted by molar-refractivity contribution is -0.213. The molecule has 3 rings (SSSR count). The zero-order chi connectivity index (χ0) is 18.4. The van der Waals surface area contributed by atoms with Gasteiger partial charge in [-0.15, -0.1) is 0 Å². The van der Waals surface area contributed by atoms with E-state index >= 15 is 0 Å². The third-order valence-electron chi connectivity index (χ3n) is 4.02. The lowest BCUT2D eigenvalue weighted by atomic mass is 10.2. The van der Waals surface area contributed by atoms with E-state index in [0.29, 0.717) is 9.21 Å². The van der Waals surface area contributed by atoms with Crippen molar-refractivity contribution in [2.24, 2.45) is 0 Å². The second kappa shape index (κ2) is 5.99. The first-order chi connectivity index (χ1) is 11.6. The maximum atomic E-state index is 13.0. The van der Waals surface area contributed by atoms with Crippen LogP contribution in [0.25, 0.3) is 0 Å². The lowest BCUT2D eigenvalue weighted by Crippen LogP contribution is -2.57. The van der Waals surface area contributed by atoms with Crippen molar-refractivity contribution in [2.75, 3.05) is 26.3 Å². The Morgan fingerprint density at radius 1 is 1.28 bits per heavy atom. The normalized spacial score (nSPS) is 22.8. The molecule has 2 amide bonds. The summed E-state index contributed by atoms with van der Waals surface area (Å²) < 4.78 is 68.9. The van der Waals surface area contributed by atoms with Crippen molar-refractivity contribution in [3.63, 3.8) is 0 Å². The predicted octanol–water partition coefficient (Wildman–Crippen LogP) is 0.621. The third-order valence-corrected chi connectivity index (χ3v) is 5.80. The second-order valence-corrected chi connectivity index (χ2v) is 7.36. The SMILES string of the molecule is O=C(CN1C(=O)c2ccccc2S1(=O)=O)N1CCOC[C@H]1C(F)(F)F. The smallest absolute Gasteiger partial charge is 0.377 e. The van der Waals surface area contributed by atoms with Crippen LogP contribution >= 0.6 is 0 Å². The van der Waals surface area contributed by atoms with Gasteiger partial charge in [0, 0.05) is 6.54 Å². The van der Waals surface area contributed by atoms with E-state index in [9.17, 15) is 31.2 Å². The number of carbonyl (C=O) groups excluding carboxylic acids is 2. The van der Waals surface area contributed by atoms with Crippen molar-refractivity contribution in [1.82, 2.24) is 9.21 Å². The van der Waals surface area contributed by atoms with E-state index in [1.165, 1.54) is 24.3 Å². The maximum Gasteiger partial charge on any atom is 0.411 e. The van der Waals surface area contributed by atoms with Crippen LogP contribution in [0, 0.1) is 0 Å². The zero-order valence-electron chi connectivity index (χ0n) is 12.7. The molecule has 136 valence electrons. The molecular formula is C14H13F3N2O5S. The molecule has 0 N–H and O–H groups in total. The molecule has 1 fully saturated rings. The predicted molar refractivity (Wildman–Crippen MR) is 77.0 cm³/mol. The molecule has 2 aliphatic heterocycles. The van der Waals surface area contributed by atoms with Gasteiger partial charge in [0.25, 0.3) is 15.9 Å². The summed E-state index contributed by atoms with van der Waals surface area (Å²) in [6.07, 6.45) is -4.72. The summed E-state index contributed by atoms with van der Waals surface area (Å²) in [6.45, 7) is -2.14. The van der Waals surface area contributed by atoms with Crippen molar-refractivity contribution in [3.8, 4) is 0 Å². The molecule has 0 aliphatic carbocycles. The van der Waals surface area contributed by atoms with Gasteiger partial charge in [-0.25, -0.2) is 12.7 Å². The van der Waals surface area contributed by atoms with Gasteiger partial charge in [-0.05, 0) is 12.1 Å². The molecule has 1 saturated heterocycles. The number of amides is 2.